The van der Waals surface area contributed by atoms with Crippen LogP contribution in [0.15, 0.2) is 0 Å². The van der Waals surface area contributed by atoms with Gasteiger partial charge in [-0.15, -0.1) is 23.2 Å². The highest BCUT2D eigenvalue weighted by Gasteiger charge is 2.30. The predicted molar refractivity (Wildman–Crippen MR) is 53.8 cm³/mol. The molecule has 11 heavy (non-hydrogen) atoms. The first kappa shape index (κ1) is 11.8. The van der Waals surface area contributed by atoms with E-state index in [0.29, 0.717) is 0 Å². The lowest BCUT2D eigenvalue weighted by atomic mass is 10.4. The van der Waals surface area contributed by atoms with Crippen LogP contribution in [0.25, 0.3) is 0 Å². The van der Waals surface area contributed by atoms with E-state index in [1.165, 1.54) is 0 Å². The fourth-order valence-electron chi connectivity index (χ4n) is 0.543. The Morgan fingerprint density at radius 2 is 1.91 bits per heavy atom. The van der Waals surface area contributed by atoms with E-state index in [0.717, 1.165) is 19.4 Å². The molecule has 0 aliphatic heterocycles. The summed E-state index contributed by atoms with van der Waals surface area (Å²) in [5, 5.41) is 0. The maximum Gasteiger partial charge on any atom is 0.220 e. The molecular weight excluding hydrogens is 199 g/mol. The second-order valence-electron chi connectivity index (χ2n) is 3.11. The van der Waals surface area contributed by atoms with Gasteiger partial charge in [0.25, 0.3) is 0 Å². The average molecular weight is 215 g/mol. The molecule has 0 unspecified atom stereocenters. The van der Waals surface area contributed by atoms with Crippen molar-refractivity contribution < 1.29 is 4.43 Å². The first-order valence-corrected chi connectivity index (χ1v) is 7.78. The van der Waals surface area contributed by atoms with E-state index in [9.17, 15) is 0 Å². The Morgan fingerprint density at radius 1 is 1.36 bits per heavy atom. The Hall–Kier alpha value is 0.757. The van der Waals surface area contributed by atoms with Crippen LogP contribution in [0.2, 0.25) is 13.1 Å². The lowest BCUT2D eigenvalue weighted by molar-refractivity contribution is 0.301. The molecule has 0 fully saturated rings. The number of halogens is 2. The number of unbranched alkanes of at least 4 members (excludes halogenated alkanes) is 1. The Morgan fingerprint density at radius 3 is 2.27 bits per heavy atom. The van der Waals surface area contributed by atoms with E-state index in [-0.39, 0.29) is 4.46 Å². The normalized spacial score (nSPS) is 12.5. The van der Waals surface area contributed by atoms with Crippen molar-refractivity contribution in [1.29, 1.82) is 0 Å². The van der Waals surface area contributed by atoms with Crippen LogP contribution in [-0.2, 0) is 4.43 Å². The van der Waals surface area contributed by atoms with E-state index in [4.69, 9.17) is 27.6 Å². The van der Waals surface area contributed by atoms with E-state index < -0.39 is 8.32 Å². The Kier molecular flexibility index (Phi) is 5.78. The van der Waals surface area contributed by atoms with E-state index >= 15 is 0 Å². The van der Waals surface area contributed by atoms with Crippen molar-refractivity contribution in [3.05, 3.63) is 0 Å². The van der Waals surface area contributed by atoms with Crippen LogP contribution in [0.3, 0.4) is 0 Å². The molecule has 4 heteroatoms. The van der Waals surface area contributed by atoms with Crippen molar-refractivity contribution in [3.8, 4) is 0 Å². The van der Waals surface area contributed by atoms with Crippen LogP contribution in [0.5, 0.6) is 0 Å². The Labute approximate surface area is 80.2 Å². The molecule has 0 atom stereocenters. The van der Waals surface area contributed by atoms with Gasteiger partial charge in [-0.3, -0.25) is 0 Å². The van der Waals surface area contributed by atoms with Crippen LogP contribution in [0.1, 0.15) is 19.8 Å². The van der Waals surface area contributed by atoms with Crippen LogP contribution in [0.4, 0.5) is 0 Å². The van der Waals surface area contributed by atoms with Gasteiger partial charge >= 0.3 is 0 Å². The van der Waals surface area contributed by atoms with Gasteiger partial charge in [-0.2, -0.15) is 0 Å². The average Bonchev–Trinajstić information content (AvgIpc) is 1.88. The van der Waals surface area contributed by atoms with Crippen LogP contribution < -0.4 is 0 Å². The van der Waals surface area contributed by atoms with Gasteiger partial charge in [0.05, 0.1) is 0 Å². The highest BCUT2D eigenvalue weighted by atomic mass is 35.5. The van der Waals surface area contributed by atoms with Gasteiger partial charge in [0.2, 0.25) is 8.32 Å². The fourth-order valence-corrected chi connectivity index (χ4v) is 1.72. The summed E-state index contributed by atoms with van der Waals surface area (Å²) in [5.41, 5.74) is 0. The SMILES string of the molecule is CCCCO[Si](C)(C)C(Cl)Cl. The summed E-state index contributed by atoms with van der Waals surface area (Å²) in [6, 6.07) is 0. The van der Waals surface area contributed by atoms with Crippen molar-refractivity contribution in [2.45, 2.75) is 37.3 Å². The predicted octanol–water partition coefficient (Wildman–Crippen LogP) is 3.35. The maximum absolute atomic E-state index is 5.75. The van der Waals surface area contributed by atoms with Crippen LogP contribution >= 0.6 is 23.2 Å². The maximum atomic E-state index is 5.75. The zero-order valence-corrected chi connectivity index (χ0v) is 9.87. The molecule has 0 N–H and O–H groups in total. The number of rotatable bonds is 5. The molecule has 1 nitrogen and oxygen atoms in total. The molecule has 0 heterocycles. The van der Waals surface area contributed by atoms with Gasteiger partial charge in [0.1, 0.15) is 4.46 Å². The molecule has 0 bridgehead atoms. The molecule has 0 rings (SSSR count). The first-order valence-electron chi connectivity index (χ1n) is 3.93. The quantitative estimate of drug-likeness (QED) is 0.388. The number of alkyl halides is 2. The third-order valence-corrected chi connectivity index (χ3v) is 6.65. The number of hydrogen-bond donors (Lipinski definition) is 0. The highest BCUT2D eigenvalue weighted by Crippen LogP contribution is 2.19. The molecule has 0 aromatic rings. The summed E-state index contributed by atoms with van der Waals surface area (Å²) in [6.07, 6.45) is 2.25. The summed E-state index contributed by atoms with van der Waals surface area (Å²) in [6.45, 7) is 7.00. The molecule has 0 aliphatic rings. The Bertz CT molecular complexity index is 107. The standard InChI is InChI=1S/C7H16Cl2OSi/c1-4-5-6-10-11(2,3)7(8)9/h7H,4-6H2,1-3H3. The molecule has 0 aromatic carbocycles. The lowest BCUT2D eigenvalue weighted by Gasteiger charge is -2.23. The highest BCUT2D eigenvalue weighted by molar-refractivity contribution is 6.87. The molecule has 0 saturated heterocycles. The summed E-state index contributed by atoms with van der Waals surface area (Å²) in [4.78, 5) is 0. The van der Waals surface area contributed by atoms with Crippen molar-refractivity contribution in [1.82, 2.24) is 0 Å². The minimum atomic E-state index is -1.79. The van der Waals surface area contributed by atoms with E-state index in [1.807, 2.05) is 13.1 Å². The largest absolute Gasteiger partial charge is 0.415 e. The van der Waals surface area contributed by atoms with Crippen molar-refractivity contribution in [2.75, 3.05) is 6.61 Å². The van der Waals surface area contributed by atoms with Crippen LogP contribution in [-0.4, -0.2) is 19.4 Å². The second-order valence-corrected chi connectivity index (χ2v) is 9.01. The van der Waals surface area contributed by atoms with Gasteiger partial charge in [-0.1, -0.05) is 13.3 Å². The first-order chi connectivity index (χ1) is 5.00. The van der Waals surface area contributed by atoms with Crippen molar-refractivity contribution >= 4 is 31.5 Å². The fraction of sp³-hybridized carbons (Fsp3) is 1.00. The van der Waals surface area contributed by atoms with Crippen LogP contribution in [0, 0.1) is 0 Å². The molecule has 0 spiro atoms. The second kappa shape index (κ2) is 5.41. The molecule has 0 amide bonds. The minimum Gasteiger partial charge on any atom is -0.415 e. The zero-order valence-electron chi connectivity index (χ0n) is 7.36. The van der Waals surface area contributed by atoms with Crippen molar-refractivity contribution in [2.24, 2.45) is 0 Å². The Balaban J connectivity index is 3.55. The monoisotopic (exact) mass is 214 g/mol. The van der Waals surface area contributed by atoms with Gasteiger partial charge in [0.15, 0.2) is 0 Å². The summed E-state index contributed by atoms with van der Waals surface area (Å²) < 4.78 is 5.29. The van der Waals surface area contributed by atoms with Gasteiger partial charge < -0.3 is 4.43 Å². The topological polar surface area (TPSA) is 9.23 Å². The minimum absolute atomic E-state index is 0.320. The smallest absolute Gasteiger partial charge is 0.220 e. The molecular formula is C7H16Cl2OSi. The number of hydrogen-bond acceptors (Lipinski definition) is 1. The zero-order chi connectivity index (χ0) is 8.91. The summed E-state index contributed by atoms with van der Waals surface area (Å²) >= 11 is 11.5. The van der Waals surface area contributed by atoms with E-state index in [1.54, 1.807) is 0 Å². The lowest BCUT2D eigenvalue weighted by Crippen LogP contribution is -2.38. The van der Waals surface area contributed by atoms with Gasteiger partial charge in [-0.05, 0) is 19.5 Å². The molecule has 0 saturated carbocycles. The third-order valence-electron chi connectivity index (χ3n) is 1.50. The summed E-state index contributed by atoms with van der Waals surface area (Å²) in [7, 11) is -1.79. The van der Waals surface area contributed by atoms with Crippen molar-refractivity contribution in [3.63, 3.8) is 0 Å². The summed E-state index contributed by atoms with van der Waals surface area (Å²) in [5.74, 6) is 0. The molecule has 0 aromatic heterocycles. The molecule has 0 aliphatic carbocycles. The van der Waals surface area contributed by atoms with Gasteiger partial charge in [0, 0.05) is 6.61 Å². The molecule has 0 radical (unpaired) electrons. The van der Waals surface area contributed by atoms with E-state index in [2.05, 4.69) is 6.92 Å². The van der Waals surface area contributed by atoms with Gasteiger partial charge in [-0.25, -0.2) is 0 Å². The molecule has 68 valence electrons. The third kappa shape index (κ3) is 5.07.